The van der Waals surface area contributed by atoms with E-state index in [1.807, 2.05) is 24.3 Å². The summed E-state index contributed by atoms with van der Waals surface area (Å²) in [6.45, 7) is 4.78. The quantitative estimate of drug-likeness (QED) is 0.498. The summed E-state index contributed by atoms with van der Waals surface area (Å²) < 4.78 is 22.6. The molecule has 3 saturated heterocycles. The predicted molar refractivity (Wildman–Crippen MR) is 131 cm³/mol. The van der Waals surface area contributed by atoms with Crippen LogP contribution in [0.4, 0.5) is 0 Å². The monoisotopic (exact) mass is 490 g/mol. The summed E-state index contributed by atoms with van der Waals surface area (Å²) in [6.07, 6.45) is 3.56. The Morgan fingerprint density at radius 2 is 1.83 bits per heavy atom. The molecule has 3 fully saturated rings. The SMILES string of the molecule is COc1ccc(-c2nnc(C(=O)N3CC(Oc4ccc(CN5CCCC56CCOC6)cc4)C3)o2)cc1. The maximum atomic E-state index is 12.7. The number of benzene rings is 2. The van der Waals surface area contributed by atoms with Gasteiger partial charge >= 0.3 is 11.8 Å². The highest BCUT2D eigenvalue weighted by Crippen LogP contribution is 2.37. The van der Waals surface area contributed by atoms with Crippen LogP contribution in [0.15, 0.2) is 52.9 Å². The van der Waals surface area contributed by atoms with Crippen molar-refractivity contribution in [1.29, 1.82) is 0 Å². The van der Waals surface area contributed by atoms with Crippen molar-refractivity contribution in [3.63, 3.8) is 0 Å². The second-order valence-electron chi connectivity index (χ2n) is 9.79. The van der Waals surface area contributed by atoms with Crippen molar-refractivity contribution in [3.8, 4) is 23.0 Å². The van der Waals surface area contributed by atoms with Crippen LogP contribution in [-0.4, -0.2) is 77.5 Å². The zero-order valence-corrected chi connectivity index (χ0v) is 20.4. The molecule has 2 aromatic carbocycles. The van der Waals surface area contributed by atoms with Crippen LogP contribution in [-0.2, 0) is 11.3 Å². The molecule has 3 aliphatic heterocycles. The third-order valence-electron chi connectivity index (χ3n) is 7.50. The molecule has 3 aromatic rings. The number of rotatable bonds is 7. The van der Waals surface area contributed by atoms with Crippen molar-refractivity contribution in [2.75, 3.05) is 40.0 Å². The van der Waals surface area contributed by atoms with Gasteiger partial charge in [0.1, 0.15) is 17.6 Å². The van der Waals surface area contributed by atoms with E-state index in [4.69, 9.17) is 18.6 Å². The van der Waals surface area contributed by atoms with Crippen molar-refractivity contribution >= 4 is 5.91 Å². The van der Waals surface area contributed by atoms with Crippen molar-refractivity contribution in [2.45, 2.75) is 37.5 Å². The molecule has 1 amide bonds. The fourth-order valence-corrected chi connectivity index (χ4v) is 5.34. The number of amides is 1. The van der Waals surface area contributed by atoms with Gasteiger partial charge in [0.05, 0.1) is 26.8 Å². The van der Waals surface area contributed by atoms with Gasteiger partial charge in [-0.3, -0.25) is 9.69 Å². The lowest BCUT2D eigenvalue weighted by atomic mass is 9.95. The van der Waals surface area contributed by atoms with Crippen LogP contribution in [0.25, 0.3) is 11.5 Å². The molecule has 1 atom stereocenters. The lowest BCUT2D eigenvalue weighted by Crippen LogP contribution is -2.56. The topological polar surface area (TPSA) is 90.2 Å². The van der Waals surface area contributed by atoms with Gasteiger partial charge < -0.3 is 23.5 Å². The number of aromatic nitrogens is 2. The number of carbonyl (C=O) groups is 1. The molecule has 0 N–H and O–H groups in total. The molecule has 0 aliphatic carbocycles. The first-order chi connectivity index (χ1) is 17.6. The van der Waals surface area contributed by atoms with Crippen molar-refractivity contribution in [3.05, 3.63) is 60.0 Å². The number of methoxy groups -OCH3 is 1. The van der Waals surface area contributed by atoms with E-state index >= 15 is 0 Å². The summed E-state index contributed by atoms with van der Waals surface area (Å²) in [5.41, 5.74) is 2.25. The molecular formula is C27H30N4O5. The Balaban J connectivity index is 0.998. The van der Waals surface area contributed by atoms with E-state index in [0.717, 1.165) is 49.8 Å². The van der Waals surface area contributed by atoms with Crippen LogP contribution >= 0.6 is 0 Å². The molecule has 0 radical (unpaired) electrons. The Hall–Kier alpha value is -3.43. The van der Waals surface area contributed by atoms with Gasteiger partial charge in [-0.2, -0.15) is 0 Å². The summed E-state index contributed by atoms with van der Waals surface area (Å²) in [4.78, 5) is 17.0. The minimum atomic E-state index is -0.284. The third-order valence-corrected chi connectivity index (χ3v) is 7.50. The number of likely N-dealkylation sites (tertiary alicyclic amines) is 2. The highest BCUT2D eigenvalue weighted by molar-refractivity contribution is 5.90. The molecule has 3 aliphatic rings. The lowest BCUT2D eigenvalue weighted by Gasteiger charge is -2.38. The van der Waals surface area contributed by atoms with Crippen LogP contribution in [0.5, 0.6) is 11.5 Å². The second-order valence-corrected chi connectivity index (χ2v) is 9.79. The van der Waals surface area contributed by atoms with E-state index in [2.05, 4.69) is 27.2 Å². The van der Waals surface area contributed by atoms with Crippen molar-refractivity contribution in [2.24, 2.45) is 0 Å². The number of ether oxygens (including phenoxy) is 3. The highest BCUT2D eigenvalue weighted by Gasteiger charge is 2.43. The minimum absolute atomic E-state index is 0.0176. The van der Waals surface area contributed by atoms with Crippen LogP contribution < -0.4 is 9.47 Å². The molecule has 1 aromatic heterocycles. The second kappa shape index (κ2) is 9.55. The maximum absolute atomic E-state index is 12.7. The van der Waals surface area contributed by atoms with Gasteiger partial charge in [-0.05, 0) is 67.8 Å². The van der Waals surface area contributed by atoms with Crippen molar-refractivity contribution < 1.29 is 23.4 Å². The summed E-state index contributed by atoms with van der Waals surface area (Å²) in [7, 11) is 1.61. The Bertz CT molecular complexity index is 1190. The molecule has 36 heavy (non-hydrogen) atoms. The van der Waals surface area contributed by atoms with E-state index in [0.29, 0.717) is 19.0 Å². The number of hydrogen-bond acceptors (Lipinski definition) is 8. The lowest BCUT2D eigenvalue weighted by molar-refractivity contribution is 0.0149. The largest absolute Gasteiger partial charge is 0.497 e. The van der Waals surface area contributed by atoms with Crippen LogP contribution in [0.3, 0.4) is 0 Å². The van der Waals surface area contributed by atoms with Crippen LogP contribution in [0.2, 0.25) is 0 Å². The van der Waals surface area contributed by atoms with Gasteiger partial charge in [0, 0.05) is 24.3 Å². The van der Waals surface area contributed by atoms with E-state index < -0.39 is 0 Å². The molecule has 1 spiro atoms. The maximum Gasteiger partial charge on any atom is 0.311 e. The van der Waals surface area contributed by atoms with Gasteiger partial charge in [-0.15, -0.1) is 10.2 Å². The molecule has 0 bridgehead atoms. The summed E-state index contributed by atoms with van der Waals surface area (Å²) in [5.74, 6) is 1.55. The fourth-order valence-electron chi connectivity index (χ4n) is 5.34. The first-order valence-corrected chi connectivity index (χ1v) is 12.5. The van der Waals surface area contributed by atoms with E-state index in [9.17, 15) is 4.79 Å². The molecule has 1 unspecified atom stereocenters. The van der Waals surface area contributed by atoms with Gasteiger partial charge in [0.2, 0.25) is 5.89 Å². The van der Waals surface area contributed by atoms with Crippen molar-refractivity contribution in [1.82, 2.24) is 20.0 Å². The average molecular weight is 491 g/mol. The Morgan fingerprint density at radius 3 is 2.56 bits per heavy atom. The van der Waals surface area contributed by atoms with E-state index in [1.54, 1.807) is 24.1 Å². The van der Waals surface area contributed by atoms with Crippen LogP contribution in [0, 0.1) is 0 Å². The fraction of sp³-hybridized carbons (Fsp3) is 0.444. The molecule has 0 saturated carbocycles. The molecule has 9 nitrogen and oxygen atoms in total. The molecule has 9 heteroatoms. The zero-order valence-electron chi connectivity index (χ0n) is 20.4. The third kappa shape index (κ3) is 4.44. The standard InChI is InChI=1S/C27H30N4O5/c1-33-21-9-5-20(6-10-21)24-28-29-25(36-24)26(32)30-16-23(17-30)35-22-7-3-19(4-8-22)15-31-13-2-11-27(31)12-14-34-18-27/h3-10,23H,2,11-18H2,1H3. The number of hydrogen-bond donors (Lipinski definition) is 0. The van der Waals surface area contributed by atoms with Gasteiger partial charge in [0.15, 0.2) is 0 Å². The van der Waals surface area contributed by atoms with Crippen LogP contribution in [0.1, 0.15) is 35.5 Å². The Kier molecular flexibility index (Phi) is 6.10. The summed E-state index contributed by atoms with van der Waals surface area (Å²) in [6, 6.07) is 15.5. The zero-order chi connectivity index (χ0) is 24.5. The van der Waals surface area contributed by atoms with E-state index in [1.165, 1.54) is 18.4 Å². The van der Waals surface area contributed by atoms with E-state index in [-0.39, 0.29) is 23.4 Å². The molecule has 4 heterocycles. The molecular weight excluding hydrogens is 460 g/mol. The Labute approximate surface area is 209 Å². The van der Waals surface area contributed by atoms with Gasteiger partial charge in [0.25, 0.3) is 0 Å². The minimum Gasteiger partial charge on any atom is -0.497 e. The van der Waals surface area contributed by atoms with Gasteiger partial charge in [-0.25, -0.2) is 0 Å². The van der Waals surface area contributed by atoms with Gasteiger partial charge in [-0.1, -0.05) is 12.1 Å². The first-order valence-electron chi connectivity index (χ1n) is 12.5. The first kappa shape index (κ1) is 23.0. The Morgan fingerprint density at radius 1 is 1.06 bits per heavy atom. The normalized spacial score (nSPS) is 22.2. The highest BCUT2D eigenvalue weighted by atomic mass is 16.5. The summed E-state index contributed by atoms with van der Waals surface area (Å²) >= 11 is 0. The smallest absolute Gasteiger partial charge is 0.311 e. The summed E-state index contributed by atoms with van der Waals surface area (Å²) in [5, 5.41) is 7.95. The average Bonchev–Trinajstić information content (AvgIpc) is 3.65. The predicted octanol–water partition coefficient (Wildman–Crippen LogP) is 3.40. The number of nitrogens with zero attached hydrogens (tertiary/aromatic N) is 4. The molecule has 188 valence electrons. The molecule has 6 rings (SSSR count). The number of carbonyl (C=O) groups excluding carboxylic acids is 1.